The van der Waals surface area contributed by atoms with Crippen LogP contribution in [-0.4, -0.2) is 35.3 Å². The van der Waals surface area contributed by atoms with Gasteiger partial charge in [-0.25, -0.2) is 0 Å². The molecule has 1 rings (SSSR count). The number of amides is 2. The third kappa shape index (κ3) is 3.03. The fourth-order valence-corrected chi connectivity index (χ4v) is 2.59. The number of carbonyl (C=O) groups is 2. The van der Waals surface area contributed by atoms with E-state index in [-0.39, 0.29) is 29.8 Å². The van der Waals surface area contributed by atoms with Gasteiger partial charge in [0.25, 0.3) is 0 Å². The molecule has 0 bridgehead atoms. The van der Waals surface area contributed by atoms with Gasteiger partial charge in [-0.3, -0.25) is 9.59 Å². The Labute approximate surface area is 110 Å². The fraction of sp³-hybridized carbons (Fsp3) is 0.857. The van der Waals surface area contributed by atoms with E-state index >= 15 is 0 Å². The van der Waals surface area contributed by atoms with Crippen molar-refractivity contribution >= 4 is 11.8 Å². The van der Waals surface area contributed by atoms with Crippen LogP contribution in [0.4, 0.5) is 0 Å². The first-order chi connectivity index (χ1) is 8.18. The number of carbonyl (C=O) groups excluding carboxylic acids is 2. The minimum Gasteiger partial charge on any atom is -0.342 e. The lowest BCUT2D eigenvalue weighted by Crippen LogP contribution is -2.64. The molecule has 1 aliphatic heterocycles. The van der Waals surface area contributed by atoms with Gasteiger partial charge in [0.05, 0.1) is 6.54 Å². The number of hydrogen-bond donors (Lipinski definition) is 1. The zero-order valence-corrected chi connectivity index (χ0v) is 12.4. The van der Waals surface area contributed by atoms with E-state index in [2.05, 4.69) is 26.1 Å². The Hall–Kier alpha value is -1.06. The van der Waals surface area contributed by atoms with Crippen molar-refractivity contribution in [1.29, 1.82) is 0 Å². The summed E-state index contributed by atoms with van der Waals surface area (Å²) in [5.41, 5.74) is -0.249. The Morgan fingerprint density at radius 3 is 2.28 bits per heavy atom. The molecule has 2 unspecified atom stereocenters. The fourth-order valence-electron chi connectivity index (χ4n) is 2.59. The van der Waals surface area contributed by atoms with Crippen molar-refractivity contribution in [3.05, 3.63) is 0 Å². The van der Waals surface area contributed by atoms with Gasteiger partial charge in [-0.15, -0.1) is 0 Å². The van der Waals surface area contributed by atoms with E-state index in [0.717, 1.165) is 6.42 Å². The van der Waals surface area contributed by atoms with Gasteiger partial charge in [0.2, 0.25) is 11.8 Å². The van der Waals surface area contributed by atoms with E-state index in [4.69, 9.17) is 0 Å². The lowest BCUT2D eigenvalue weighted by Gasteiger charge is -2.43. The van der Waals surface area contributed by atoms with Gasteiger partial charge in [0.15, 0.2) is 0 Å². The van der Waals surface area contributed by atoms with Crippen LogP contribution in [0.5, 0.6) is 0 Å². The summed E-state index contributed by atoms with van der Waals surface area (Å²) >= 11 is 0. The third-order valence-electron chi connectivity index (χ3n) is 3.60. The van der Waals surface area contributed by atoms with Gasteiger partial charge < -0.3 is 10.2 Å². The van der Waals surface area contributed by atoms with Gasteiger partial charge in [-0.1, -0.05) is 41.5 Å². The van der Waals surface area contributed by atoms with E-state index < -0.39 is 6.04 Å². The molecule has 1 saturated heterocycles. The van der Waals surface area contributed by atoms with E-state index in [1.165, 1.54) is 0 Å². The highest BCUT2D eigenvalue weighted by Gasteiger charge is 2.42. The molecule has 4 heteroatoms. The molecule has 0 aromatic carbocycles. The van der Waals surface area contributed by atoms with Crippen LogP contribution in [0.3, 0.4) is 0 Å². The smallest absolute Gasteiger partial charge is 0.246 e. The van der Waals surface area contributed by atoms with Crippen molar-refractivity contribution < 1.29 is 9.59 Å². The summed E-state index contributed by atoms with van der Waals surface area (Å²) in [6, 6.07) is -0.264. The lowest BCUT2D eigenvalue weighted by molar-refractivity contribution is -0.150. The second kappa shape index (κ2) is 5.29. The van der Waals surface area contributed by atoms with Crippen LogP contribution < -0.4 is 5.32 Å². The highest BCUT2D eigenvalue weighted by molar-refractivity contribution is 5.95. The van der Waals surface area contributed by atoms with Crippen molar-refractivity contribution in [2.45, 2.75) is 60.0 Å². The predicted octanol–water partition coefficient (Wildman–Crippen LogP) is 1.79. The molecule has 1 N–H and O–H groups in total. The molecule has 0 saturated carbocycles. The van der Waals surface area contributed by atoms with Gasteiger partial charge in [0, 0.05) is 6.04 Å². The molecule has 0 aliphatic carbocycles. The third-order valence-corrected chi connectivity index (χ3v) is 3.60. The summed E-state index contributed by atoms with van der Waals surface area (Å²) in [6.07, 6.45) is 0.882. The second-order valence-electron chi connectivity index (χ2n) is 6.55. The molecule has 2 amide bonds. The second-order valence-corrected chi connectivity index (χ2v) is 6.55. The average molecular weight is 254 g/mol. The SMILES string of the molecule is CCC(C(C)C)N1CC(=O)NC(C(C)(C)C)C1=O. The minimum absolute atomic E-state index is 0.0476. The molecule has 1 fully saturated rings. The quantitative estimate of drug-likeness (QED) is 0.835. The maximum absolute atomic E-state index is 12.5. The summed E-state index contributed by atoms with van der Waals surface area (Å²) in [5.74, 6) is 0.377. The van der Waals surface area contributed by atoms with Crippen LogP contribution >= 0.6 is 0 Å². The van der Waals surface area contributed by atoms with Gasteiger partial charge in [0.1, 0.15) is 6.04 Å². The summed E-state index contributed by atoms with van der Waals surface area (Å²) in [4.78, 5) is 26.1. The Morgan fingerprint density at radius 2 is 1.89 bits per heavy atom. The van der Waals surface area contributed by atoms with Crippen LogP contribution in [0.2, 0.25) is 0 Å². The largest absolute Gasteiger partial charge is 0.342 e. The van der Waals surface area contributed by atoms with Crippen molar-refractivity contribution in [3.8, 4) is 0 Å². The van der Waals surface area contributed by atoms with Crippen molar-refractivity contribution in [2.75, 3.05) is 6.54 Å². The first kappa shape index (κ1) is 15.0. The Morgan fingerprint density at radius 1 is 1.33 bits per heavy atom. The highest BCUT2D eigenvalue weighted by Crippen LogP contribution is 2.26. The molecule has 1 heterocycles. The Kier molecular flexibility index (Phi) is 4.41. The number of rotatable bonds is 3. The Balaban J connectivity index is 2.99. The van der Waals surface area contributed by atoms with Crippen LogP contribution in [-0.2, 0) is 9.59 Å². The van der Waals surface area contributed by atoms with Gasteiger partial charge in [-0.05, 0) is 17.8 Å². The molecule has 0 aromatic rings. The zero-order valence-electron chi connectivity index (χ0n) is 12.4. The summed E-state index contributed by atoms with van der Waals surface area (Å²) in [7, 11) is 0. The van der Waals surface area contributed by atoms with Crippen molar-refractivity contribution in [1.82, 2.24) is 10.2 Å². The monoisotopic (exact) mass is 254 g/mol. The summed E-state index contributed by atoms with van der Waals surface area (Å²) in [6.45, 7) is 12.4. The minimum atomic E-state index is -0.411. The molecular formula is C14H26N2O2. The van der Waals surface area contributed by atoms with Crippen LogP contribution in [0, 0.1) is 11.3 Å². The standard InChI is InChI=1S/C14H26N2O2/c1-7-10(9(2)3)16-8-11(17)15-12(13(16)18)14(4,5)6/h9-10,12H,7-8H2,1-6H3,(H,15,17). The van der Waals surface area contributed by atoms with Crippen molar-refractivity contribution in [2.24, 2.45) is 11.3 Å². The van der Waals surface area contributed by atoms with E-state index in [1.807, 2.05) is 20.8 Å². The molecule has 1 aliphatic rings. The van der Waals surface area contributed by atoms with Crippen molar-refractivity contribution in [3.63, 3.8) is 0 Å². The predicted molar refractivity (Wildman–Crippen MR) is 72.0 cm³/mol. The van der Waals surface area contributed by atoms with E-state index in [1.54, 1.807) is 4.90 Å². The first-order valence-corrected chi connectivity index (χ1v) is 6.78. The molecule has 2 atom stereocenters. The van der Waals surface area contributed by atoms with E-state index in [9.17, 15) is 9.59 Å². The summed E-state index contributed by atoms with van der Waals surface area (Å²) < 4.78 is 0. The van der Waals surface area contributed by atoms with Crippen LogP contribution in [0.25, 0.3) is 0 Å². The Bertz CT molecular complexity index is 331. The lowest BCUT2D eigenvalue weighted by atomic mass is 9.84. The van der Waals surface area contributed by atoms with Gasteiger partial charge in [-0.2, -0.15) is 0 Å². The zero-order chi connectivity index (χ0) is 14.1. The number of nitrogens with zero attached hydrogens (tertiary/aromatic N) is 1. The normalized spacial score (nSPS) is 23.3. The molecular weight excluding hydrogens is 228 g/mol. The molecule has 0 radical (unpaired) electrons. The highest BCUT2D eigenvalue weighted by atomic mass is 16.2. The number of nitrogens with one attached hydrogen (secondary N) is 1. The first-order valence-electron chi connectivity index (χ1n) is 6.78. The number of piperazine rings is 1. The van der Waals surface area contributed by atoms with Crippen LogP contribution in [0.1, 0.15) is 48.0 Å². The molecule has 0 spiro atoms. The summed E-state index contributed by atoms with van der Waals surface area (Å²) in [5, 5.41) is 2.82. The molecule has 0 aromatic heterocycles. The van der Waals surface area contributed by atoms with Crippen LogP contribution in [0.15, 0.2) is 0 Å². The van der Waals surface area contributed by atoms with E-state index in [0.29, 0.717) is 5.92 Å². The topological polar surface area (TPSA) is 49.4 Å². The molecule has 18 heavy (non-hydrogen) atoms. The van der Waals surface area contributed by atoms with Gasteiger partial charge >= 0.3 is 0 Å². The maximum atomic E-state index is 12.5. The number of hydrogen-bond acceptors (Lipinski definition) is 2. The average Bonchev–Trinajstić information content (AvgIpc) is 2.21. The molecule has 4 nitrogen and oxygen atoms in total. The molecule has 104 valence electrons. The maximum Gasteiger partial charge on any atom is 0.246 e.